The molecule has 0 aromatic heterocycles. The van der Waals surface area contributed by atoms with Gasteiger partial charge in [0, 0.05) is 63.7 Å². The Balaban J connectivity index is 1.55. The second-order valence-electron chi connectivity index (χ2n) is 7.76. The van der Waals surface area contributed by atoms with Gasteiger partial charge in [0.25, 0.3) is 0 Å². The van der Waals surface area contributed by atoms with E-state index < -0.39 is 0 Å². The van der Waals surface area contributed by atoms with Gasteiger partial charge >= 0.3 is 0 Å². The van der Waals surface area contributed by atoms with Crippen LogP contribution in [0.15, 0.2) is 36.4 Å². The maximum absolute atomic E-state index is 9.72. The molecule has 4 rings (SSSR count). The van der Waals surface area contributed by atoms with Crippen molar-refractivity contribution in [3.05, 3.63) is 53.1 Å². The largest absolute Gasteiger partial charge is 0.369 e. The maximum atomic E-state index is 9.72. The zero-order chi connectivity index (χ0) is 19.5. The second-order valence-corrected chi connectivity index (χ2v) is 7.76. The van der Waals surface area contributed by atoms with Gasteiger partial charge in [0.05, 0.1) is 11.3 Å². The van der Waals surface area contributed by atoms with E-state index in [1.54, 1.807) is 0 Å². The molecule has 0 aliphatic carbocycles. The van der Waals surface area contributed by atoms with Crippen molar-refractivity contribution >= 4 is 17.1 Å². The SMILES string of the molecule is Cc1ccc(N2CCN(c3c(C#N)ccc(N4CCNCC4)c3C)CC2)cc1. The van der Waals surface area contributed by atoms with Crippen LogP contribution in [0.2, 0.25) is 0 Å². The Morgan fingerprint density at radius 3 is 2.07 bits per heavy atom. The summed E-state index contributed by atoms with van der Waals surface area (Å²) in [6, 6.07) is 15.3. The minimum atomic E-state index is 0.792. The van der Waals surface area contributed by atoms with Crippen molar-refractivity contribution in [3.63, 3.8) is 0 Å². The van der Waals surface area contributed by atoms with Gasteiger partial charge in [-0.15, -0.1) is 0 Å². The average molecular weight is 376 g/mol. The van der Waals surface area contributed by atoms with Gasteiger partial charge in [0.15, 0.2) is 0 Å². The molecule has 2 aromatic rings. The van der Waals surface area contributed by atoms with E-state index in [-0.39, 0.29) is 0 Å². The summed E-state index contributed by atoms with van der Waals surface area (Å²) >= 11 is 0. The molecule has 2 aliphatic heterocycles. The fourth-order valence-corrected chi connectivity index (χ4v) is 4.38. The molecule has 2 aromatic carbocycles. The molecule has 28 heavy (non-hydrogen) atoms. The summed E-state index contributed by atoms with van der Waals surface area (Å²) in [5.74, 6) is 0. The summed E-state index contributed by atoms with van der Waals surface area (Å²) in [6.45, 7) is 12.2. The minimum absolute atomic E-state index is 0.792. The third kappa shape index (κ3) is 3.65. The van der Waals surface area contributed by atoms with Crippen molar-refractivity contribution in [2.45, 2.75) is 13.8 Å². The van der Waals surface area contributed by atoms with Crippen molar-refractivity contribution in [2.75, 3.05) is 67.1 Å². The van der Waals surface area contributed by atoms with Crippen LogP contribution in [0.25, 0.3) is 0 Å². The molecule has 0 amide bonds. The molecule has 5 nitrogen and oxygen atoms in total. The lowest BCUT2D eigenvalue weighted by Gasteiger charge is -2.39. The van der Waals surface area contributed by atoms with E-state index in [9.17, 15) is 5.26 Å². The zero-order valence-corrected chi connectivity index (χ0v) is 16.9. The average Bonchev–Trinajstić information content (AvgIpc) is 2.75. The number of anilines is 3. The molecule has 2 saturated heterocycles. The van der Waals surface area contributed by atoms with Crippen LogP contribution >= 0.6 is 0 Å². The highest BCUT2D eigenvalue weighted by molar-refractivity contribution is 5.74. The molecule has 5 heteroatoms. The number of hydrogen-bond acceptors (Lipinski definition) is 5. The lowest BCUT2D eigenvalue weighted by atomic mass is 10.0. The number of nitrogens with zero attached hydrogens (tertiary/aromatic N) is 4. The minimum Gasteiger partial charge on any atom is -0.369 e. The third-order valence-corrected chi connectivity index (χ3v) is 5.98. The van der Waals surface area contributed by atoms with Crippen LogP contribution in [0.3, 0.4) is 0 Å². The van der Waals surface area contributed by atoms with Crippen molar-refractivity contribution in [2.24, 2.45) is 0 Å². The Morgan fingerprint density at radius 2 is 1.43 bits per heavy atom. The molecule has 0 atom stereocenters. The molecule has 0 saturated carbocycles. The molecular formula is C23H29N5. The van der Waals surface area contributed by atoms with Crippen molar-refractivity contribution in [1.82, 2.24) is 5.32 Å². The third-order valence-electron chi connectivity index (χ3n) is 5.98. The van der Waals surface area contributed by atoms with Gasteiger partial charge < -0.3 is 20.0 Å². The summed E-state index contributed by atoms with van der Waals surface area (Å²) in [5.41, 5.74) is 7.02. The van der Waals surface area contributed by atoms with Gasteiger partial charge in [-0.3, -0.25) is 0 Å². The fraction of sp³-hybridized carbons (Fsp3) is 0.435. The van der Waals surface area contributed by atoms with E-state index in [2.05, 4.69) is 70.3 Å². The lowest BCUT2D eigenvalue weighted by molar-refractivity contribution is 0.588. The highest BCUT2D eigenvalue weighted by Gasteiger charge is 2.24. The molecule has 146 valence electrons. The van der Waals surface area contributed by atoms with Crippen molar-refractivity contribution < 1.29 is 0 Å². The fourth-order valence-electron chi connectivity index (χ4n) is 4.38. The number of benzene rings is 2. The summed E-state index contributed by atoms with van der Waals surface area (Å²) in [7, 11) is 0. The first kappa shape index (κ1) is 18.6. The molecule has 2 aliphatic rings. The zero-order valence-electron chi connectivity index (χ0n) is 16.9. The highest BCUT2D eigenvalue weighted by atomic mass is 15.3. The van der Waals surface area contributed by atoms with E-state index in [1.807, 2.05) is 6.07 Å². The number of aryl methyl sites for hydroxylation is 1. The first-order valence-electron chi connectivity index (χ1n) is 10.2. The molecule has 0 unspecified atom stereocenters. The first-order chi connectivity index (χ1) is 13.7. The van der Waals surface area contributed by atoms with Gasteiger partial charge in [-0.25, -0.2) is 0 Å². The summed E-state index contributed by atoms with van der Waals surface area (Å²) in [4.78, 5) is 7.29. The number of nitriles is 1. The molecule has 2 fully saturated rings. The van der Waals surface area contributed by atoms with Crippen LogP contribution < -0.4 is 20.0 Å². The topological polar surface area (TPSA) is 45.5 Å². The standard InChI is InChI=1S/C23H29N5/c1-18-3-6-21(7-4-18)26-13-15-28(16-14-26)23-19(2)22(8-5-20(23)17-24)27-11-9-25-10-12-27/h3-8,25H,9-16H2,1-2H3. The highest BCUT2D eigenvalue weighted by Crippen LogP contribution is 2.34. The van der Waals surface area contributed by atoms with Crippen LogP contribution in [0, 0.1) is 25.2 Å². The van der Waals surface area contributed by atoms with Gasteiger partial charge in [-0.05, 0) is 43.7 Å². The molecule has 0 bridgehead atoms. The van der Waals surface area contributed by atoms with Crippen molar-refractivity contribution in [1.29, 1.82) is 5.26 Å². The monoisotopic (exact) mass is 375 g/mol. The smallest absolute Gasteiger partial charge is 0.101 e. The van der Waals surface area contributed by atoms with E-state index in [0.29, 0.717) is 0 Å². The molecular weight excluding hydrogens is 346 g/mol. The van der Waals surface area contributed by atoms with Crippen molar-refractivity contribution in [3.8, 4) is 6.07 Å². The molecule has 2 heterocycles. The Morgan fingerprint density at radius 1 is 0.786 bits per heavy atom. The normalized spacial score (nSPS) is 17.5. The molecule has 0 radical (unpaired) electrons. The predicted octanol–water partition coefficient (Wildman–Crippen LogP) is 2.91. The van der Waals surface area contributed by atoms with Gasteiger partial charge in [0.1, 0.15) is 6.07 Å². The van der Waals surface area contributed by atoms with E-state index in [1.165, 1.54) is 22.5 Å². The summed E-state index contributed by atoms with van der Waals surface area (Å²) in [6.07, 6.45) is 0. The number of nitrogens with one attached hydrogen (secondary N) is 1. The Hall–Kier alpha value is -2.71. The summed E-state index contributed by atoms with van der Waals surface area (Å²) in [5, 5.41) is 13.1. The van der Waals surface area contributed by atoms with Crippen LogP contribution in [0.1, 0.15) is 16.7 Å². The predicted molar refractivity (Wildman–Crippen MR) is 117 cm³/mol. The first-order valence-corrected chi connectivity index (χ1v) is 10.2. The van der Waals surface area contributed by atoms with Crippen LogP contribution in [0.5, 0.6) is 0 Å². The van der Waals surface area contributed by atoms with Gasteiger partial charge in [-0.1, -0.05) is 17.7 Å². The van der Waals surface area contributed by atoms with E-state index in [4.69, 9.17) is 0 Å². The maximum Gasteiger partial charge on any atom is 0.101 e. The quantitative estimate of drug-likeness (QED) is 0.894. The van der Waals surface area contributed by atoms with Crippen LogP contribution in [-0.4, -0.2) is 52.4 Å². The Kier molecular flexibility index (Phi) is 5.40. The van der Waals surface area contributed by atoms with Crippen LogP contribution in [0.4, 0.5) is 17.1 Å². The van der Waals surface area contributed by atoms with E-state index >= 15 is 0 Å². The van der Waals surface area contributed by atoms with Gasteiger partial charge in [-0.2, -0.15) is 5.26 Å². The summed E-state index contributed by atoms with van der Waals surface area (Å²) < 4.78 is 0. The molecule has 1 N–H and O–H groups in total. The van der Waals surface area contributed by atoms with E-state index in [0.717, 1.165) is 63.6 Å². The van der Waals surface area contributed by atoms with Crippen LogP contribution in [-0.2, 0) is 0 Å². The van der Waals surface area contributed by atoms with Gasteiger partial charge in [0.2, 0.25) is 0 Å². The number of piperazine rings is 2. The lowest BCUT2D eigenvalue weighted by Crippen LogP contribution is -2.47. The molecule has 0 spiro atoms. The second kappa shape index (κ2) is 8.12. The number of hydrogen-bond donors (Lipinski definition) is 1. The Bertz CT molecular complexity index is 854. The number of rotatable bonds is 3. The Labute approximate surface area is 168 Å².